The third-order valence-corrected chi connectivity index (χ3v) is 3.81. The minimum absolute atomic E-state index is 0.208. The Kier molecular flexibility index (Phi) is 4.47. The fourth-order valence-electron chi connectivity index (χ4n) is 2.23. The Morgan fingerprint density at radius 1 is 1.30 bits per heavy atom. The predicted octanol–water partition coefficient (Wildman–Crippen LogP) is 2.38. The van der Waals surface area contributed by atoms with Gasteiger partial charge in [0.05, 0.1) is 18.8 Å². The van der Waals surface area contributed by atoms with E-state index in [0.717, 1.165) is 5.56 Å². The van der Waals surface area contributed by atoms with Gasteiger partial charge in [-0.05, 0) is 38.5 Å². The van der Waals surface area contributed by atoms with Crippen LogP contribution in [0.1, 0.15) is 31.3 Å². The minimum atomic E-state index is 0.208. The summed E-state index contributed by atoms with van der Waals surface area (Å²) >= 11 is 0. The zero-order valence-electron chi connectivity index (χ0n) is 13.5. The van der Waals surface area contributed by atoms with Crippen LogP contribution < -0.4 is 5.32 Å². The summed E-state index contributed by atoms with van der Waals surface area (Å²) in [6.07, 6.45) is 5.61. The van der Waals surface area contributed by atoms with Crippen molar-refractivity contribution in [2.75, 3.05) is 0 Å². The second kappa shape index (κ2) is 6.70. The normalized spacial score (nSPS) is 13.9. The smallest absolute Gasteiger partial charge is 0.240 e. The lowest BCUT2D eigenvalue weighted by Crippen LogP contribution is -2.33. The lowest BCUT2D eigenvalue weighted by atomic mass is 10.2. The molecule has 0 aliphatic carbocycles. The molecule has 23 heavy (non-hydrogen) atoms. The molecule has 0 saturated carbocycles. The van der Waals surface area contributed by atoms with Gasteiger partial charge < -0.3 is 9.84 Å². The van der Waals surface area contributed by atoms with Crippen molar-refractivity contribution in [1.82, 2.24) is 30.2 Å². The molecule has 0 unspecified atom stereocenters. The highest BCUT2D eigenvalue weighted by molar-refractivity contribution is 5.46. The first-order chi connectivity index (χ1) is 11.1. The van der Waals surface area contributed by atoms with Crippen molar-refractivity contribution < 1.29 is 4.52 Å². The van der Waals surface area contributed by atoms with Gasteiger partial charge in [0.1, 0.15) is 5.69 Å². The molecule has 7 nitrogen and oxygen atoms in total. The van der Waals surface area contributed by atoms with E-state index in [1.165, 1.54) is 0 Å². The van der Waals surface area contributed by atoms with Crippen molar-refractivity contribution in [3.8, 4) is 11.5 Å². The van der Waals surface area contributed by atoms with E-state index in [2.05, 4.69) is 39.4 Å². The van der Waals surface area contributed by atoms with Gasteiger partial charge >= 0.3 is 0 Å². The van der Waals surface area contributed by atoms with Gasteiger partial charge in [-0.3, -0.25) is 9.67 Å². The molecule has 0 amide bonds. The summed E-state index contributed by atoms with van der Waals surface area (Å²) in [7, 11) is 0. The summed E-state index contributed by atoms with van der Waals surface area (Å²) in [6.45, 7) is 6.77. The van der Waals surface area contributed by atoms with Crippen molar-refractivity contribution in [3.63, 3.8) is 0 Å². The van der Waals surface area contributed by atoms with Crippen molar-refractivity contribution in [2.24, 2.45) is 0 Å². The van der Waals surface area contributed by atoms with E-state index in [-0.39, 0.29) is 12.1 Å². The number of hydrogen-bond donors (Lipinski definition) is 1. The highest BCUT2D eigenvalue weighted by Gasteiger charge is 2.16. The molecule has 3 heterocycles. The molecule has 3 rings (SSSR count). The van der Waals surface area contributed by atoms with Crippen molar-refractivity contribution in [3.05, 3.63) is 48.2 Å². The standard InChI is InChI=1S/C16H20N6O/c1-11-8-19-22(10-11)13(3)12(2)18-9-15-20-16(21-23-15)14-6-4-5-7-17-14/h4-8,10,12-13,18H,9H2,1-3H3/t12-,13-/m0/s1. The largest absolute Gasteiger partial charge is 0.337 e. The molecule has 0 aromatic carbocycles. The molecule has 7 heteroatoms. The number of aryl methyl sites for hydroxylation is 1. The number of pyridine rings is 1. The van der Waals surface area contributed by atoms with E-state index >= 15 is 0 Å². The van der Waals surface area contributed by atoms with Crippen LogP contribution >= 0.6 is 0 Å². The molecule has 0 fully saturated rings. The SMILES string of the molecule is Cc1cnn([C@@H](C)[C@H](C)NCc2nc(-c3ccccn3)no2)c1. The zero-order chi connectivity index (χ0) is 16.2. The molecule has 0 aliphatic rings. The first kappa shape index (κ1) is 15.4. The molecule has 3 aromatic heterocycles. The van der Waals surface area contributed by atoms with E-state index in [0.29, 0.717) is 24.0 Å². The molecule has 1 N–H and O–H groups in total. The Morgan fingerprint density at radius 2 is 2.17 bits per heavy atom. The number of hydrogen-bond acceptors (Lipinski definition) is 6. The fraction of sp³-hybridized carbons (Fsp3) is 0.375. The Balaban J connectivity index is 1.59. The molecule has 2 atom stereocenters. The van der Waals surface area contributed by atoms with E-state index < -0.39 is 0 Å². The van der Waals surface area contributed by atoms with Crippen LogP contribution in [0.2, 0.25) is 0 Å². The van der Waals surface area contributed by atoms with Gasteiger partial charge in [-0.2, -0.15) is 10.1 Å². The lowest BCUT2D eigenvalue weighted by Gasteiger charge is -2.20. The molecule has 0 radical (unpaired) electrons. The number of rotatable bonds is 6. The van der Waals surface area contributed by atoms with Gasteiger partial charge in [-0.1, -0.05) is 11.2 Å². The van der Waals surface area contributed by atoms with Gasteiger partial charge in [-0.15, -0.1) is 0 Å². The molecule has 3 aromatic rings. The van der Waals surface area contributed by atoms with E-state index in [1.54, 1.807) is 6.20 Å². The average molecular weight is 312 g/mol. The highest BCUT2D eigenvalue weighted by Crippen LogP contribution is 2.14. The Bertz CT molecular complexity index is 751. The van der Waals surface area contributed by atoms with Crippen LogP contribution in [-0.2, 0) is 6.54 Å². The van der Waals surface area contributed by atoms with Gasteiger partial charge in [0, 0.05) is 18.4 Å². The number of nitrogens with one attached hydrogen (secondary N) is 1. The second-order valence-electron chi connectivity index (χ2n) is 5.63. The molecule has 0 saturated heterocycles. The van der Waals surface area contributed by atoms with Gasteiger partial charge in [0.15, 0.2) is 0 Å². The van der Waals surface area contributed by atoms with Crippen molar-refractivity contribution in [1.29, 1.82) is 0 Å². The Labute approximate surface area is 134 Å². The molecule has 0 aliphatic heterocycles. The molecular weight excluding hydrogens is 292 g/mol. The van der Waals surface area contributed by atoms with Crippen LogP contribution in [0.5, 0.6) is 0 Å². The van der Waals surface area contributed by atoms with Crippen LogP contribution in [0.3, 0.4) is 0 Å². The third-order valence-electron chi connectivity index (χ3n) is 3.81. The van der Waals surface area contributed by atoms with Crippen molar-refractivity contribution >= 4 is 0 Å². The van der Waals surface area contributed by atoms with Gasteiger partial charge in [0.25, 0.3) is 0 Å². The van der Waals surface area contributed by atoms with E-state index in [9.17, 15) is 0 Å². The Morgan fingerprint density at radius 3 is 2.87 bits per heavy atom. The molecule has 120 valence electrons. The maximum Gasteiger partial charge on any atom is 0.240 e. The average Bonchev–Trinajstić information content (AvgIpc) is 3.22. The topological polar surface area (TPSA) is 81.7 Å². The number of aromatic nitrogens is 5. The summed E-state index contributed by atoms with van der Waals surface area (Å²) in [6, 6.07) is 6.03. The van der Waals surface area contributed by atoms with Crippen LogP contribution in [0.4, 0.5) is 0 Å². The summed E-state index contributed by atoms with van der Waals surface area (Å²) < 4.78 is 7.23. The first-order valence-electron chi connectivity index (χ1n) is 7.61. The van der Waals surface area contributed by atoms with Crippen molar-refractivity contribution in [2.45, 2.75) is 39.4 Å². The summed E-state index contributed by atoms with van der Waals surface area (Å²) in [5.74, 6) is 1.05. The van der Waals surface area contributed by atoms with E-state index in [1.807, 2.05) is 42.2 Å². The van der Waals surface area contributed by atoms with Crippen LogP contribution in [0.25, 0.3) is 11.5 Å². The van der Waals surface area contributed by atoms with Gasteiger partial charge in [0.2, 0.25) is 11.7 Å². The summed E-state index contributed by atoms with van der Waals surface area (Å²) in [5.41, 5.74) is 1.86. The predicted molar refractivity (Wildman–Crippen MR) is 85.5 cm³/mol. The maximum absolute atomic E-state index is 5.27. The number of nitrogens with zero attached hydrogens (tertiary/aromatic N) is 5. The first-order valence-corrected chi connectivity index (χ1v) is 7.61. The fourth-order valence-corrected chi connectivity index (χ4v) is 2.23. The zero-order valence-corrected chi connectivity index (χ0v) is 13.5. The maximum atomic E-state index is 5.27. The third kappa shape index (κ3) is 3.62. The summed E-state index contributed by atoms with van der Waals surface area (Å²) in [4.78, 5) is 8.57. The quantitative estimate of drug-likeness (QED) is 0.752. The van der Waals surface area contributed by atoms with Crippen LogP contribution in [0.15, 0.2) is 41.3 Å². The molecule has 0 spiro atoms. The van der Waals surface area contributed by atoms with Crippen LogP contribution in [0, 0.1) is 6.92 Å². The second-order valence-corrected chi connectivity index (χ2v) is 5.63. The molecular formula is C16H20N6O. The monoisotopic (exact) mass is 312 g/mol. The molecule has 0 bridgehead atoms. The van der Waals surface area contributed by atoms with E-state index in [4.69, 9.17) is 4.52 Å². The van der Waals surface area contributed by atoms with Crippen LogP contribution in [-0.4, -0.2) is 30.9 Å². The highest BCUT2D eigenvalue weighted by atomic mass is 16.5. The Hall–Kier alpha value is -2.54. The lowest BCUT2D eigenvalue weighted by molar-refractivity contribution is 0.325. The van der Waals surface area contributed by atoms with Gasteiger partial charge in [-0.25, -0.2) is 0 Å². The summed E-state index contributed by atoms with van der Waals surface area (Å²) in [5, 5.41) is 11.7. The minimum Gasteiger partial charge on any atom is -0.337 e.